The molecule has 1 fully saturated rings. The van der Waals surface area contributed by atoms with Crippen molar-refractivity contribution in [2.24, 2.45) is 0 Å². The predicted octanol–water partition coefficient (Wildman–Crippen LogP) is 4.60. The lowest BCUT2D eigenvalue weighted by atomic mass is 10.2. The maximum absolute atomic E-state index is 4.85. The summed E-state index contributed by atoms with van der Waals surface area (Å²) in [5.41, 5.74) is 4.54. The van der Waals surface area contributed by atoms with E-state index in [-0.39, 0.29) is 0 Å². The number of aromatic nitrogens is 3. The maximum atomic E-state index is 4.85. The Bertz CT molecular complexity index is 949. The van der Waals surface area contributed by atoms with Crippen molar-refractivity contribution < 1.29 is 0 Å². The molecule has 0 bridgehead atoms. The van der Waals surface area contributed by atoms with E-state index in [4.69, 9.17) is 4.98 Å². The molecule has 3 aromatic rings. The van der Waals surface area contributed by atoms with Crippen molar-refractivity contribution in [1.29, 1.82) is 0 Å². The topological polar surface area (TPSA) is 49.2 Å². The van der Waals surface area contributed by atoms with Gasteiger partial charge in [0.2, 0.25) is 5.95 Å². The van der Waals surface area contributed by atoms with Crippen molar-refractivity contribution in [1.82, 2.24) is 19.4 Å². The molecule has 0 radical (unpaired) electrons. The molecule has 0 aliphatic carbocycles. The first-order chi connectivity index (χ1) is 14.1. The number of nitrogens with one attached hydrogen (secondary N) is 1. The first kappa shape index (κ1) is 19.7. The fraction of sp³-hybridized carbons (Fsp3) is 0.478. The van der Waals surface area contributed by atoms with Crippen molar-refractivity contribution in [2.45, 2.75) is 39.7 Å². The molecule has 0 unspecified atom stereocenters. The second-order valence-electron chi connectivity index (χ2n) is 8.08. The monoisotopic (exact) mass is 392 g/mol. The Hall–Kier alpha value is -2.60. The van der Waals surface area contributed by atoms with Gasteiger partial charge in [0.25, 0.3) is 0 Å². The van der Waals surface area contributed by atoms with Crippen molar-refractivity contribution in [2.75, 3.05) is 43.4 Å². The molecular formula is C23H32N6. The molecular weight excluding hydrogens is 360 g/mol. The summed E-state index contributed by atoms with van der Waals surface area (Å²) >= 11 is 0. The first-order valence-electron chi connectivity index (χ1n) is 10.7. The maximum Gasteiger partial charge on any atom is 0.229 e. The number of aryl methyl sites for hydroxylation is 1. The van der Waals surface area contributed by atoms with Gasteiger partial charge in [0.1, 0.15) is 5.65 Å². The normalized spacial score (nSPS) is 15.4. The van der Waals surface area contributed by atoms with Gasteiger partial charge >= 0.3 is 0 Å². The molecule has 1 aromatic carbocycles. The molecule has 3 heterocycles. The Morgan fingerprint density at radius 1 is 1.03 bits per heavy atom. The number of hydrogen-bond acceptors (Lipinski definition) is 5. The number of piperazine rings is 1. The van der Waals surface area contributed by atoms with E-state index in [9.17, 15) is 0 Å². The summed E-state index contributed by atoms with van der Waals surface area (Å²) in [5, 5.41) is 4.51. The highest BCUT2D eigenvalue weighted by molar-refractivity contribution is 5.81. The Labute approximate surface area is 173 Å². The van der Waals surface area contributed by atoms with E-state index in [0.717, 1.165) is 55.7 Å². The molecule has 0 spiro atoms. The minimum Gasteiger partial charge on any atom is -0.369 e. The number of likely N-dealkylation sites (N-methyl/N-ethyl adjacent to an activating group) is 1. The SMILES string of the molecule is CCC(CC)n1cc(C)c2cnc(Nc3ccc(N4CCN(C)CC4)cc3)nc21. The quantitative estimate of drug-likeness (QED) is 0.665. The average Bonchev–Trinajstić information content (AvgIpc) is 3.06. The van der Waals surface area contributed by atoms with Crippen molar-refractivity contribution in [3.05, 3.63) is 42.2 Å². The molecule has 1 N–H and O–H groups in total. The van der Waals surface area contributed by atoms with E-state index in [1.807, 2.05) is 6.20 Å². The zero-order valence-corrected chi connectivity index (χ0v) is 18.0. The van der Waals surface area contributed by atoms with Crippen molar-refractivity contribution >= 4 is 28.4 Å². The minimum absolute atomic E-state index is 0.469. The van der Waals surface area contributed by atoms with E-state index >= 15 is 0 Å². The lowest BCUT2D eigenvalue weighted by Crippen LogP contribution is -2.44. The fourth-order valence-corrected chi connectivity index (χ4v) is 4.16. The van der Waals surface area contributed by atoms with Crippen LogP contribution in [0.4, 0.5) is 17.3 Å². The summed E-state index contributed by atoms with van der Waals surface area (Å²) in [6, 6.07) is 9.07. The average molecular weight is 393 g/mol. The summed E-state index contributed by atoms with van der Waals surface area (Å²) in [6.07, 6.45) is 6.35. The van der Waals surface area contributed by atoms with Crippen LogP contribution in [0.5, 0.6) is 0 Å². The number of rotatable bonds is 6. The highest BCUT2D eigenvalue weighted by Crippen LogP contribution is 2.27. The largest absolute Gasteiger partial charge is 0.369 e. The van der Waals surface area contributed by atoms with Gasteiger partial charge in [0, 0.05) is 61.4 Å². The standard InChI is InChI=1S/C23H32N6/c1-5-19(6-2)29-16-17(3)21-15-24-23(26-22(21)29)25-18-7-9-20(10-8-18)28-13-11-27(4)12-14-28/h7-10,15-16,19H,5-6,11-14H2,1-4H3,(H,24,25,26). The van der Waals surface area contributed by atoms with Gasteiger partial charge < -0.3 is 19.7 Å². The number of anilines is 3. The summed E-state index contributed by atoms with van der Waals surface area (Å²) < 4.78 is 2.31. The molecule has 6 heteroatoms. The summed E-state index contributed by atoms with van der Waals surface area (Å²) in [6.45, 7) is 11.0. The van der Waals surface area contributed by atoms with Crippen LogP contribution in [-0.4, -0.2) is 52.7 Å². The third-order valence-electron chi connectivity index (χ3n) is 6.10. The molecule has 1 saturated heterocycles. The molecule has 4 rings (SSSR count). The molecule has 1 aliphatic heterocycles. The molecule has 0 saturated carbocycles. The van der Waals surface area contributed by atoms with Crippen LogP contribution in [0, 0.1) is 6.92 Å². The minimum atomic E-state index is 0.469. The second-order valence-corrected chi connectivity index (χ2v) is 8.08. The highest BCUT2D eigenvalue weighted by Gasteiger charge is 2.16. The van der Waals surface area contributed by atoms with Crippen LogP contribution in [0.15, 0.2) is 36.7 Å². The van der Waals surface area contributed by atoms with Gasteiger partial charge in [0.15, 0.2) is 0 Å². The van der Waals surface area contributed by atoms with Crippen LogP contribution >= 0.6 is 0 Å². The molecule has 0 atom stereocenters. The molecule has 6 nitrogen and oxygen atoms in total. The van der Waals surface area contributed by atoms with E-state index in [0.29, 0.717) is 12.0 Å². The highest BCUT2D eigenvalue weighted by atomic mass is 15.2. The molecule has 154 valence electrons. The van der Waals surface area contributed by atoms with Crippen molar-refractivity contribution in [3.63, 3.8) is 0 Å². The summed E-state index contributed by atoms with van der Waals surface area (Å²) in [4.78, 5) is 14.2. The van der Waals surface area contributed by atoms with E-state index in [2.05, 4.69) is 82.9 Å². The van der Waals surface area contributed by atoms with E-state index in [1.54, 1.807) is 0 Å². The number of benzene rings is 1. The number of hydrogen-bond donors (Lipinski definition) is 1. The molecule has 1 aliphatic rings. The van der Waals surface area contributed by atoms with Crippen LogP contribution in [0.1, 0.15) is 38.3 Å². The van der Waals surface area contributed by atoms with Crippen LogP contribution in [0.3, 0.4) is 0 Å². The lowest BCUT2D eigenvalue weighted by molar-refractivity contribution is 0.313. The van der Waals surface area contributed by atoms with Gasteiger partial charge in [-0.15, -0.1) is 0 Å². The van der Waals surface area contributed by atoms with Gasteiger partial charge in [-0.05, 0) is 56.6 Å². The number of fused-ring (bicyclic) bond motifs is 1. The van der Waals surface area contributed by atoms with Crippen LogP contribution in [0.2, 0.25) is 0 Å². The Balaban J connectivity index is 1.54. The molecule has 2 aromatic heterocycles. The smallest absolute Gasteiger partial charge is 0.229 e. The van der Waals surface area contributed by atoms with Gasteiger partial charge in [-0.2, -0.15) is 4.98 Å². The predicted molar refractivity (Wildman–Crippen MR) is 121 cm³/mol. The van der Waals surface area contributed by atoms with Gasteiger partial charge in [-0.3, -0.25) is 0 Å². The Morgan fingerprint density at radius 2 is 1.72 bits per heavy atom. The van der Waals surface area contributed by atoms with E-state index in [1.165, 1.54) is 11.3 Å². The first-order valence-corrected chi connectivity index (χ1v) is 10.7. The molecule has 0 amide bonds. The van der Waals surface area contributed by atoms with Crippen molar-refractivity contribution in [3.8, 4) is 0 Å². The third-order valence-corrected chi connectivity index (χ3v) is 6.10. The van der Waals surface area contributed by atoms with Gasteiger partial charge in [0.05, 0.1) is 0 Å². The van der Waals surface area contributed by atoms with Crippen LogP contribution < -0.4 is 10.2 Å². The van der Waals surface area contributed by atoms with Gasteiger partial charge in [-0.25, -0.2) is 4.98 Å². The van der Waals surface area contributed by atoms with E-state index < -0.39 is 0 Å². The third kappa shape index (κ3) is 4.08. The number of nitrogens with zero attached hydrogens (tertiary/aromatic N) is 5. The van der Waals surface area contributed by atoms with Crippen LogP contribution in [-0.2, 0) is 0 Å². The zero-order chi connectivity index (χ0) is 20.4. The fourth-order valence-electron chi connectivity index (χ4n) is 4.16. The summed E-state index contributed by atoms with van der Waals surface area (Å²) in [7, 11) is 2.18. The Morgan fingerprint density at radius 3 is 2.38 bits per heavy atom. The summed E-state index contributed by atoms with van der Waals surface area (Å²) in [5.74, 6) is 0.648. The van der Waals surface area contributed by atoms with Gasteiger partial charge in [-0.1, -0.05) is 13.8 Å². The Kier molecular flexibility index (Phi) is 5.72. The second kappa shape index (κ2) is 8.41. The molecule has 29 heavy (non-hydrogen) atoms. The zero-order valence-electron chi connectivity index (χ0n) is 18.0. The lowest BCUT2D eigenvalue weighted by Gasteiger charge is -2.34. The van der Waals surface area contributed by atoms with Crippen LogP contribution in [0.25, 0.3) is 11.0 Å².